The second-order valence-electron chi connectivity index (χ2n) is 2.45. The minimum atomic E-state index is 0.102. The predicted molar refractivity (Wildman–Crippen MR) is 46.5 cm³/mol. The van der Waals surface area contributed by atoms with E-state index in [1.807, 2.05) is 19.1 Å². The maximum atomic E-state index is 8.65. The zero-order valence-electron chi connectivity index (χ0n) is 7.42. The molecule has 0 saturated heterocycles. The third kappa shape index (κ3) is 6.07. The van der Waals surface area contributed by atoms with Crippen LogP contribution in [0.4, 0.5) is 0 Å². The Morgan fingerprint density at radius 1 is 1.55 bits per heavy atom. The molecular weight excluding hydrogens is 140 g/mol. The molecule has 11 heavy (non-hydrogen) atoms. The number of aliphatic hydroxyl groups excluding tert-OH is 1. The van der Waals surface area contributed by atoms with Gasteiger partial charge >= 0.3 is 0 Å². The third-order valence-corrected chi connectivity index (χ3v) is 1.36. The van der Waals surface area contributed by atoms with Crippen molar-refractivity contribution in [2.24, 2.45) is 0 Å². The third-order valence-electron chi connectivity index (χ3n) is 1.36. The standard InChI is InChI=1S/C9H18O2/c1-3-5-9(6-7-10)11-8-4-2/h3,5,9-10H,4,6-8H2,1-2H3/b5-3+. The van der Waals surface area contributed by atoms with Crippen molar-refractivity contribution in [2.75, 3.05) is 13.2 Å². The molecule has 1 unspecified atom stereocenters. The average Bonchev–Trinajstić information content (AvgIpc) is 2.01. The summed E-state index contributed by atoms with van der Waals surface area (Å²) >= 11 is 0. The summed E-state index contributed by atoms with van der Waals surface area (Å²) in [4.78, 5) is 0. The van der Waals surface area contributed by atoms with Gasteiger partial charge in [0.05, 0.1) is 6.10 Å². The normalized spacial score (nSPS) is 14.1. The van der Waals surface area contributed by atoms with Crippen molar-refractivity contribution in [3.63, 3.8) is 0 Å². The first-order chi connectivity index (χ1) is 5.35. The molecule has 0 spiro atoms. The van der Waals surface area contributed by atoms with Gasteiger partial charge < -0.3 is 9.84 Å². The van der Waals surface area contributed by atoms with E-state index in [-0.39, 0.29) is 12.7 Å². The van der Waals surface area contributed by atoms with Gasteiger partial charge in [-0.25, -0.2) is 0 Å². The van der Waals surface area contributed by atoms with Gasteiger partial charge in [0.15, 0.2) is 0 Å². The lowest BCUT2D eigenvalue weighted by Crippen LogP contribution is -2.12. The zero-order valence-corrected chi connectivity index (χ0v) is 7.42. The van der Waals surface area contributed by atoms with Gasteiger partial charge in [0.25, 0.3) is 0 Å². The van der Waals surface area contributed by atoms with Crippen molar-refractivity contribution < 1.29 is 9.84 Å². The molecule has 0 amide bonds. The Bertz CT molecular complexity index is 99.7. The van der Waals surface area contributed by atoms with Crippen LogP contribution in [0.25, 0.3) is 0 Å². The molecule has 0 aromatic rings. The quantitative estimate of drug-likeness (QED) is 0.597. The summed E-state index contributed by atoms with van der Waals surface area (Å²) in [7, 11) is 0. The lowest BCUT2D eigenvalue weighted by Gasteiger charge is -2.11. The van der Waals surface area contributed by atoms with Crippen LogP contribution in [0.15, 0.2) is 12.2 Å². The van der Waals surface area contributed by atoms with Crippen LogP contribution >= 0.6 is 0 Å². The van der Waals surface area contributed by atoms with Crippen LogP contribution in [0.3, 0.4) is 0 Å². The number of hydrogen-bond donors (Lipinski definition) is 1. The molecule has 0 saturated carbocycles. The summed E-state index contributed by atoms with van der Waals surface area (Å²) in [6, 6.07) is 0. The summed E-state index contributed by atoms with van der Waals surface area (Å²) < 4.78 is 5.43. The summed E-state index contributed by atoms with van der Waals surface area (Å²) in [5.41, 5.74) is 0. The van der Waals surface area contributed by atoms with Gasteiger partial charge in [0.1, 0.15) is 0 Å². The molecule has 0 bridgehead atoms. The van der Waals surface area contributed by atoms with E-state index in [1.54, 1.807) is 0 Å². The highest BCUT2D eigenvalue weighted by atomic mass is 16.5. The molecule has 0 aromatic heterocycles. The van der Waals surface area contributed by atoms with Crippen LogP contribution in [0.1, 0.15) is 26.7 Å². The number of hydrogen-bond acceptors (Lipinski definition) is 2. The van der Waals surface area contributed by atoms with Crippen LogP contribution in [0.2, 0.25) is 0 Å². The lowest BCUT2D eigenvalue weighted by molar-refractivity contribution is 0.0666. The summed E-state index contributed by atoms with van der Waals surface area (Å²) in [5.74, 6) is 0. The topological polar surface area (TPSA) is 29.5 Å². The van der Waals surface area contributed by atoms with Crippen molar-refractivity contribution in [3.05, 3.63) is 12.2 Å². The van der Waals surface area contributed by atoms with Gasteiger partial charge in [-0.3, -0.25) is 0 Å². The van der Waals surface area contributed by atoms with Crippen LogP contribution in [0.5, 0.6) is 0 Å². The fraction of sp³-hybridized carbons (Fsp3) is 0.778. The Morgan fingerprint density at radius 3 is 2.73 bits per heavy atom. The maximum absolute atomic E-state index is 8.65. The van der Waals surface area contributed by atoms with Crippen LogP contribution in [-0.2, 0) is 4.74 Å². The molecule has 66 valence electrons. The fourth-order valence-corrected chi connectivity index (χ4v) is 0.846. The summed E-state index contributed by atoms with van der Waals surface area (Å²) in [6.07, 6.45) is 5.76. The van der Waals surface area contributed by atoms with Gasteiger partial charge in [-0.05, 0) is 13.3 Å². The zero-order chi connectivity index (χ0) is 8.53. The fourth-order valence-electron chi connectivity index (χ4n) is 0.846. The first-order valence-electron chi connectivity index (χ1n) is 4.20. The second kappa shape index (κ2) is 7.76. The molecular formula is C9H18O2. The van der Waals surface area contributed by atoms with Gasteiger partial charge in [-0.2, -0.15) is 0 Å². The average molecular weight is 158 g/mol. The summed E-state index contributed by atoms with van der Waals surface area (Å²) in [6.45, 7) is 5.00. The Hall–Kier alpha value is -0.340. The van der Waals surface area contributed by atoms with E-state index in [0.717, 1.165) is 13.0 Å². The van der Waals surface area contributed by atoms with E-state index in [2.05, 4.69) is 6.92 Å². The largest absolute Gasteiger partial charge is 0.396 e. The molecule has 0 fully saturated rings. The van der Waals surface area contributed by atoms with E-state index in [4.69, 9.17) is 9.84 Å². The molecule has 0 aliphatic carbocycles. The van der Waals surface area contributed by atoms with Crippen molar-refractivity contribution in [3.8, 4) is 0 Å². The molecule has 2 nitrogen and oxygen atoms in total. The Labute approximate surface area is 68.9 Å². The van der Waals surface area contributed by atoms with Gasteiger partial charge in [-0.1, -0.05) is 19.1 Å². The Kier molecular flexibility index (Phi) is 7.52. The van der Waals surface area contributed by atoms with Gasteiger partial charge in [0, 0.05) is 19.6 Å². The molecule has 0 aliphatic heterocycles. The number of rotatable bonds is 6. The van der Waals surface area contributed by atoms with Crippen LogP contribution < -0.4 is 0 Å². The van der Waals surface area contributed by atoms with E-state index < -0.39 is 0 Å². The van der Waals surface area contributed by atoms with Crippen LogP contribution in [0, 0.1) is 0 Å². The van der Waals surface area contributed by atoms with Crippen molar-refractivity contribution in [1.29, 1.82) is 0 Å². The highest BCUT2D eigenvalue weighted by Gasteiger charge is 2.01. The SMILES string of the molecule is C/C=C/C(CCO)OCCC. The van der Waals surface area contributed by atoms with Gasteiger partial charge in [-0.15, -0.1) is 0 Å². The number of ether oxygens (including phenoxy) is 1. The number of allylic oxidation sites excluding steroid dienone is 1. The molecule has 0 rings (SSSR count). The van der Waals surface area contributed by atoms with Crippen molar-refractivity contribution >= 4 is 0 Å². The van der Waals surface area contributed by atoms with Crippen molar-refractivity contribution in [2.45, 2.75) is 32.8 Å². The van der Waals surface area contributed by atoms with E-state index in [1.165, 1.54) is 0 Å². The predicted octanol–water partition coefficient (Wildman–Crippen LogP) is 1.74. The van der Waals surface area contributed by atoms with Gasteiger partial charge in [0.2, 0.25) is 0 Å². The maximum Gasteiger partial charge on any atom is 0.0777 e. The van der Waals surface area contributed by atoms with Crippen LogP contribution in [-0.4, -0.2) is 24.4 Å². The molecule has 1 N–H and O–H groups in total. The van der Waals surface area contributed by atoms with E-state index in [0.29, 0.717) is 6.42 Å². The first-order valence-corrected chi connectivity index (χ1v) is 4.20. The summed E-state index contributed by atoms with van der Waals surface area (Å²) in [5, 5.41) is 8.65. The van der Waals surface area contributed by atoms with E-state index >= 15 is 0 Å². The second-order valence-corrected chi connectivity index (χ2v) is 2.45. The Morgan fingerprint density at radius 2 is 2.27 bits per heavy atom. The molecule has 0 aromatic carbocycles. The monoisotopic (exact) mass is 158 g/mol. The molecule has 0 aliphatic rings. The molecule has 0 heterocycles. The Balaban J connectivity index is 3.51. The highest BCUT2D eigenvalue weighted by Crippen LogP contribution is 2.00. The van der Waals surface area contributed by atoms with Crippen molar-refractivity contribution in [1.82, 2.24) is 0 Å². The lowest BCUT2D eigenvalue weighted by atomic mass is 10.2. The number of aliphatic hydroxyl groups is 1. The minimum Gasteiger partial charge on any atom is -0.396 e. The first kappa shape index (κ1) is 10.7. The minimum absolute atomic E-state index is 0.102. The smallest absolute Gasteiger partial charge is 0.0777 e. The molecule has 2 heteroatoms. The highest BCUT2D eigenvalue weighted by molar-refractivity contribution is 4.86. The van der Waals surface area contributed by atoms with E-state index in [9.17, 15) is 0 Å². The molecule has 0 radical (unpaired) electrons. The molecule has 1 atom stereocenters.